The van der Waals surface area contributed by atoms with Gasteiger partial charge in [-0.3, -0.25) is 4.79 Å². The maximum absolute atomic E-state index is 11.0. The molecule has 0 aromatic carbocycles. The van der Waals surface area contributed by atoms with Crippen LogP contribution in [-0.2, 0) is 4.79 Å². The van der Waals surface area contributed by atoms with E-state index in [0.717, 1.165) is 32.1 Å². The zero-order valence-corrected chi connectivity index (χ0v) is 13.2. The van der Waals surface area contributed by atoms with Crippen LogP contribution < -0.4 is 0 Å². The Morgan fingerprint density at radius 2 is 1.42 bits per heavy atom. The van der Waals surface area contributed by atoms with Crippen LogP contribution in [0.1, 0.15) is 66.7 Å². The molecule has 0 aliphatic carbocycles. The van der Waals surface area contributed by atoms with E-state index in [1.54, 1.807) is 13.8 Å². The highest BCUT2D eigenvalue weighted by Gasteiger charge is 2.33. The molecule has 19 heavy (non-hydrogen) atoms. The van der Waals surface area contributed by atoms with Crippen molar-refractivity contribution in [2.24, 2.45) is 10.8 Å². The first-order chi connectivity index (χ1) is 8.75. The van der Waals surface area contributed by atoms with E-state index in [1.165, 1.54) is 0 Å². The Bertz CT molecular complexity index is 226. The second kappa shape index (κ2) is 10.2. The highest BCUT2D eigenvalue weighted by Crippen LogP contribution is 2.32. The molecular weight excluding hydrogens is 244 g/mol. The summed E-state index contributed by atoms with van der Waals surface area (Å²) in [6.45, 7) is 9.71. The lowest BCUT2D eigenvalue weighted by atomic mass is 9.78. The summed E-state index contributed by atoms with van der Waals surface area (Å²) in [5.41, 5.74) is -0.754. The first-order valence-corrected chi connectivity index (χ1v) is 7.20. The number of carboxylic acids is 1. The van der Waals surface area contributed by atoms with E-state index in [9.17, 15) is 4.79 Å². The van der Waals surface area contributed by atoms with Gasteiger partial charge in [-0.15, -0.1) is 0 Å². The van der Waals surface area contributed by atoms with Gasteiger partial charge in [0, 0.05) is 5.41 Å². The highest BCUT2D eigenvalue weighted by atomic mass is 16.4. The van der Waals surface area contributed by atoms with Gasteiger partial charge in [0.15, 0.2) is 0 Å². The van der Waals surface area contributed by atoms with Gasteiger partial charge in [0.25, 0.3) is 0 Å². The van der Waals surface area contributed by atoms with Crippen molar-refractivity contribution in [1.82, 2.24) is 0 Å². The van der Waals surface area contributed by atoms with Gasteiger partial charge in [-0.25, -0.2) is 0 Å². The smallest absolute Gasteiger partial charge is 0.309 e. The van der Waals surface area contributed by atoms with Crippen molar-refractivity contribution in [1.29, 1.82) is 0 Å². The molecule has 0 aliphatic heterocycles. The van der Waals surface area contributed by atoms with Crippen molar-refractivity contribution in [3.05, 3.63) is 0 Å². The van der Waals surface area contributed by atoms with E-state index < -0.39 is 11.4 Å². The Balaban J connectivity index is 0. The summed E-state index contributed by atoms with van der Waals surface area (Å²) in [7, 11) is 0. The summed E-state index contributed by atoms with van der Waals surface area (Å²) >= 11 is 0. The SMILES string of the molecule is CC(C)(CO)CO.CCCCC(CC)(CC)C(=O)O. The third-order valence-electron chi connectivity index (χ3n) is 3.67. The Kier molecular flexibility index (Phi) is 11.1. The van der Waals surface area contributed by atoms with Gasteiger partial charge >= 0.3 is 5.97 Å². The maximum Gasteiger partial charge on any atom is 0.309 e. The van der Waals surface area contributed by atoms with E-state index in [0.29, 0.717) is 0 Å². The molecule has 0 atom stereocenters. The fourth-order valence-electron chi connectivity index (χ4n) is 1.58. The second-order valence-electron chi connectivity index (χ2n) is 5.88. The van der Waals surface area contributed by atoms with Crippen LogP contribution in [-0.4, -0.2) is 34.5 Å². The quantitative estimate of drug-likeness (QED) is 0.636. The van der Waals surface area contributed by atoms with E-state index in [4.69, 9.17) is 15.3 Å². The minimum Gasteiger partial charge on any atom is -0.481 e. The topological polar surface area (TPSA) is 77.8 Å². The van der Waals surface area contributed by atoms with Crippen LogP contribution in [0.4, 0.5) is 0 Å². The molecule has 0 heterocycles. The summed E-state index contributed by atoms with van der Waals surface area (Å²) in [4.78, 5) is 11.0. The number of aliphatic hydroxyl groups is 2. The minimum absolute atomic E-state index is 0.0451. The molecule has 0 bridgehead atoms. The summed E-state index contributed by atoms with van der Waals surface area (Å²) < 4.78 is 0. The molecule has 0 unspecified atom stereocenters. The number of hydrogen-bond donors (Lipinski definition) is 3. The third-order valence-corrected chi connectivity index (χ3v) is 3.67. The van der Waals surface area contributed by atoms with Crippen molar-refractivity contribution in [2.45, 2.75) is 66.7 Å². The van der Waals surface area contributed by atoms with Crippen LogP contribution in [0, 0.1) is 10.8 Å². The normalized spacial score (nSPS) is 11.7. The highest BCUT2D eigenvalue weighted by molar-refractivity contribution is 5.74. The van der Waals surface area contributed by atoms with Gasteiger partial charge in [-0.1, -0.05) is 47.5 Å². The van der Waals surface area contributed by atoms with Crippen LogP contribution in [0.25, 0.3) is 0 Å². The van der Waals surface area contributed by atoms with Gasteiger partial charge in [-0.05, 0) is 19.3 Å². The number of carboxylic acid groups (broad SMARTS) is 1. The molecule has 0 aromatic rings. The van der Waals surface area contributed by atoms with E-state index in [2.05, 4.69) is 6.92 Å². The molecule has 0 aromatic heterocycles. The summed E-state index contributed by atoms with van der Waals surface area (Å²) in [6.07, 6.45) is 4.42. The Morgan fingerprint density at radius 1 is 1.00 bits per heavy atom. The number of hydrogen-bond acceptors (Lipinski definition) is 3. The van der Waals surface area contributed by atoms with Crippen LogP contribution in [0.3, 0.4) is 0 Å². The molecule has 0 fully saturated rings. The first kappa shape index (κ1) is 20.7. The Hall–Kier alpha value is -0.610. The molecule has 0 saturated heterocycles. The van der Waals surface area contributed by atoms with Gasteiger partial charge in [0.1, 0.15) is 0 Å². The molecule has 4 nitrogen and oxygen atoms in total. The van der Waals surface area contributed by atoms with Crippen molar-refractivity contribution in [3.8, 4) is 0 Å². The van der Waals surface area contributed by atoms with E-state index >= 15 is 0 Å². The zero-order valence-electron chi connectivity index (χ0n) is 13.2. The monoisotopic (exact) mass is 276 g/mol. The van der Waals surface area contributed by atoms with Crippen molar-refractivity contribution in [2.75, 3.05) is 13.2 Å². The molecular formula is C15H32O4. The molecule has 0 radical (unpaired) electrons. The molecule has 0 aliphatic rings. The zero-order chi connectivity index (χ0) is 15.5. The standard InChI is InChI=1S/C10H20O2.C5H12O2/c1-4-7-8-10(5-2,6-3)9(11)12;1-5(2,3-6)4-7/h4-8H2,1-3H3,(H,11,12);6-7H,3-4H2,1-2H3. The number of unbranched alkanes of at least 4 members (excludes halogenated alkanes) is 1. The van der Waals surface area contributed by atoms with Gasteiger partial charge in [0.05, 0.1) is 18.6 Å². The third kappa shape index (κ3) is 8.22. The van der Waals surface area contributed by atoms with Crippen LogP contribution in [0.5, 0.6) is 0 Å². The van der Waals surface area contributed by atoms with Crippen molar-refractivity contribution in [3.63, 3.8) is 0 Å². The lowest BCUT2D eigenvalue weighted by molar-refractivity contribution is -0.150. The lowest BCUT2D eigenvalue weighted by Crippen LogP contribution is -2.29. The Morgan fingerprint density at radius 3 is 1.58 bits per heavy atom. The second-order valence-corrected chi connectivity index (χ2v) is 5.88. The number of carbonyl (C=O) groups is 1. The van der Waals surface area contributed by atoms with Crippen molar-refractivity contribution < 1.29 is 20.1 Å². The molecule has 4 heteroatoms. The molecule has 0 saturated carbocycles. The predicted molar refractivity (Wildman–Crippen MR) is 78.1 cm³/mol. The lowest BCUT2D eigenvalue weighted by Gasteiger charge is -2.26. The number of aliphatic carboxylic acids is 1. The fourth-order valence-corrected chi connectivity index (χ4v) is 1.58. The number of rotatable bonds is 8. The summed E-state index contributed by atoms with van der Waals surface area (Å²) in [5, 5.41) is 25.9. The van der Waals surface area contributed by atoms with Gasteiger partial charge in [-0.2, -0.15) is 0 Å². The van der Waals surface area contributed by atoms with Crippen molar-refractivity contribution >= 4 is 5.97 Å². The average Bonchev–Trinajstić information content (AvgIpc) is 2.41. The largest absolute Gasteiger partial charge is 0.481 e. The Labute approximate surface area is 117 Å². The molecule has 116 valence electrons. The first-order valence-electron chi connectivity index (χ1n) is 7.20. The molecule has 0 rings (SSSR count). The molecule has 3 N–H and O–H groups in total. The van der Waals surface area contributed by atoms with E-state index in [1.807, 2.05) is 13.8 Å². The maximum atomic E-state index is 11.0. The minimum atomic E-state index is -0.624. The molecule has 0 amide bonds. The average molecular weight is 276 g/mol. The summed E-state index contributed by atoms with van der Waals surface area (Å²) in [6, 6.07) is 0. The van der Waals surface area contributed by atoms with Crippen LogP contribution in [0.15, 0.2) is 0 Å². The number of aliphatic hydroxyl groups excluding tert-OH is 2. The van der Waals surface area contributed by atoms with Crippen LogP contribution in [0.2, 0.25) is 0 Å². The molecule has 0 spiro atoms. The van der Waals surface area contributed by atoms with E-state index in [-0.39, 0.29) is 18.6 Å². The van der Waals surface area contributed by atoms with Gasteiger partial charge < -0.3 is 15.3 Å². The fraction of sp³-hybridized carbons (Fsp3) is 0.933. The van der Waals surface area contributed by atoms with Crippen LogP contribution >= 0.6 is 0 Å². The van der Waals surface area contributed by atoms with Gasteiger partial charge in [0.2, 0.25) is 0 Å². The predicted octanol–water partition coefficient (Wildman–Crippen LogP) is 3.06. The summed E-state index contributed by atoms with van der Waals surface area (Å²) in [5.74, 6) is -0.624.